The molecule has 0 atom stereocenters. The van der Waals surface area contributed by atoms with Gasteiger partial charge in [0, 0.05) is 5.56 Å². The predicted molar refractivity (Wildman–Crippen MR) is 71.0 cm³/mol. The molecule has 1 heterocycles. The van der Waals surface area contributed by atoms with E-state index in [9.17, 15) is 0 Å². The number of hydrogen-bond acceptors (Lipinski definition) is 1. The molecule has 0 amide bonds. The zero-order chi connectivity index (χ0) is 11.8. The van der Waals surface area contributed by atoms with E-state index in [-0.39, 0.29) is 0 Å². The summed E-state index contributed by atoms with van der Waals surface area (Å²) in [5.41, 5.74) is 5.84. The third-order valence-corrected chi connectivity index (χ3v) is 3.14. The highest BCUT2D eigenvalue weighted by Gasteiger charge is 2.05. The maximum Gasteiger partial charge on any atom is 0.138 e. The molecule has 0 saturated heterocycles. The van der Waals surface area contributed by atoms with Crippen LogP contribution in [0.15, 0.2) is 42.5 Å². The van der Waals surface area contributed by atoms with Crippen LogP contribution in [0.1, 0.15) is 11.1 Å². The van der Waals surface area contributed by atoms with Crippen LogP contribution in [-0.2, 0) is 0 Å². The van der Waals surface area contributed by atoms with E-state index in [0.29, 0.717) is 0 Å². The van der Waals surface area contributed by atoms with Crippen molar-refractivity contribution in [2.24, 2.45) is 0 Å². The molecule has 0 bridgehead atoms. The average molecular weight is 222 g/mol. The van der Waals surface area contributed by atoms with Crippen molar-refractivity contribution in [1.29, 1.82) is 0 Å². The van der Waals surface area contributed by atoms with Crippen LogP contribution < -0.4 is 0 Å². The topological polar surface area (TPSA) is 28.7 Å². The van der Waals surface area contributed by atoms with Crippen molar-refractivity contribution >= 4 is 11.0 Å². The van der Waals surface area contributed by atoms with Gasteiger partial charge in [-0.1, -0.05) is 30.3 Å². The average Bonchev–Trinajstić information content (AvgIpc) is 2.74. The molecule has 0 spiro atoms. The molecule has 0 radical (unpaired) electrons. The summed E-state index contributed by atoms with van der Waals surface area (Å²) >= 11 is 0. The van der Waals surface area contributed by atoms with Crippen LogP contribution in [0.4, 0.5) is 0 Å². The second kappa shape index (κ2) is 3.74. The first kappa shape index (κ1) is 10.1. The molecule has 0 saturated carbocycles. The number of aromatic nitrogens is 2. The first-order chi connectivity index (χ1) is 8.24. The first-order valence-corrected chi connectivity index (χ1v) is 5.76. The van der Waals surface area contributed by atoms with E-state index in [1.54, 1.807) is 0 Å². The molecular weight excluding hydrogens is 208 g/mol. The molecule has 2 aromatic carbocycles. The van der Waals surface area contributed by atoms with Crippen molar-refractivity contribution in [3.8, 4) is 11.4 Å². The number of H-pyrrole nitrogens is 1. The van der Waals surface area contributed by atoms with E-state index >= 15 is 0 Å². The second-order valence-electron chi connectivity index (χ2n) is 4.41. The molecule has 1 N–H and O–H groups in total. The molecule has 2 nitrogen and oxygen atoms in total. The van der Waals surface area contributed by atoms with Gasteiger partial charge in [-0.25, -0.2) is 4.98 Å². The standard InChI is InChI=1S/C15H14N2/c1-10-8-13-14(9-11(10)2)17-15(16-13)12-6-4-3-5-7-12/h3-9H,1-2H3,(H,16,17). The van der Waals surface area contributed by atoms with E-state index in [2.05, 4.69) is 48.1 Å². The summed E-state index contributed by atoms with van der Waals surface area (Å²) in [6, 6.07) is 14.5. The van der Waals surface area contributed by atoms with E-state index < -0.39 is 0 Å². The number of benzene rings is 2. The van der Waals surface area contributed by atoms with E-state index in [0.717, 1.165) is 22.4 Å². The molecule has 17 heavy (non-hydrogen) atoms. The summed E-state index contributed by atoms with van der Waals surface area (Å²) in [6.07, 6.45) is 0. The van der Waals surface area contributed by atoms with Crippen LogP contribution >= 0.6 is 0 Å². The normalized spacial score (nSPS) is 10.9. The lowest BCUT2D eigenvalue weighted by molar-refractivity contribution is 1.34. The zero-order valence-corrected chi connectivity index (χ0v) is 9.99. The second-order valence-corrected chi connectivity index (χ2v) is 4.41. The number of imidazole rings is 1. The number of rotatable bonds is 1. The Labute approximate surface area is 100 Å². The molecule has 1 aromatic heterocycles. The zero-order valence-electron chi connectivity index (χ0n) is 9.99. The van der Waals surface area contributed by atoms with Crippen molar-refractivity contribution < 1.29 is 0 Å². The van der Waals surface area contributed by atoms with E-state index in [4.69, 9.17) is 0 Å². The third-order valence-electron chi connectivity index (χ3n) is 3.14. The Hall–Kier alpha value is -2.09. The maximum absolute atomic E-state index is 4.63. The van der Waals surface area contributed by atoms with E-state index in [1.807, 2.05) is 18.2 Å². The van der Waals surface area contributed by atoms with Crippen LogP contribution in [0.5, 0.6) is 0 Å². The fourth-order valence-corrected chi connectivity index (χ4v) is 2.00. The highest BCUT2D eigenvalue weighted by Crippen LogP contribution is 2.22. The number of aryl methyl sites for hydroxylation is 2. The molecule has 0 aliphatic heterocycles. The van der Waals surface area contributed by atoms with Crippen molar-refractivity contribution in [3.05, 3.63) is 53.6 Å². The van der Waals surface area contributed by atoms with Gasteiger partial charge in [-0.05, 0) is 37.1 Å². The van der Waals surface area contributed by atoms with Gasteiger partial charge in [0.2, 0.25) is 0 Å². The Morgan fingerprint density at radius 1 is 0.941 bits per heavy atom. The monoisotopic (exact) mass is 222 g/mol. The van der Waals surface area contributed by atoms with Gasteiger partial charge in [-0.3, -0.25) is 0 Å². The molecule has 0 aliphatic rings. The van der Waals surface area contributed by atoms with Crippen molar-refractivity contribution in [3.63, 3.8) is 0 Å². The molecule has 84 valence electrons. The van der Waals surface area contributed by atoms with Gasteiger partial charge in [0.15, 0.2) is 0 Å². The van der Waals surface area contributed by atoms with E-state index in [1.165, 1.54) is 11.1 Å². The summed E-state index contributed by atoms with van der Waals surface area (Å²) in [6.45, 7) is 4.24. The Balaban J connectivity index is 2.21. The SMILES string of the molecule is Cc1cc2nc(-c3ccccc3)[nH]c2cc1C. The van der Waals surface area contributed by atoms with Crippen molar-refractivity contribution in [2.45, 2.75) is 13.8 Å². The minimum Gasteiger partial charge on any atom is -0.338 e. The smallest absolute Gasteiger partial charge is 0.138 e. The van der Waals surface area contributed by atoms with Gasteiger partial charge in [-0.2, -0.15) is 0 Å². The van der Waals surface area contributed by atoms with Gasteiger partial charge < -0.3 is 4.98 Å². The first-order valence-electron chi connectivity index (χ1n) is 5.76. The third kappa shape index (κ3) is 1.72. The van der Waals surface area contributed by atoms with Crippen LogP contribution in [0.25, 0.3) is 22.4 Å². The van der Waals surface area contributed by atoms with Crippen molar-refractivity contribution in [1.82, 2.24) is 9.97 Å². The number of hydrogen-bond donors (Lipinski definition) is 1. The summed E-state index contributed by atoms with van der Waals surface area (Å²) in [5.74, 6) is 0.936. The van der Waals surface area contributed by atoms with Gasteiger partial charge >= 0.3 is 0 Å². The number of nitrogens with zero attached hydrogens (tertiary/aromatic N) is 1. The molecule has 3 aromatic rings. The summed E-state index contributed by atoms with van der Waals surface area (Å²) in [4.78, 5) is 8.00. The van der Waals surface area contributed by atoms with Crippen LogP contribution in [0.3, 0.4) is 0 Å². The van der Waals surface area contributed by atoms with Crippen LogP contribution in [0, 0.1) is 13.8 Å². The summed E-state index contributed by atoms with van der Waals surface area (Å²) in [7, 11) is 0. The molecule has 0 unspecified atom stereocenters. The lowest BCUT2D eigenvalue weighted by Crippen LogP contribution is -1.79. The lowest BCUT2D eigenvalue weighted by Gasteiger charge is -1.97. The van der Waals surface area contributed by atoms with Gasteiger partial charge in [0.25, 0.3) is 0 Å². The molecule has 0 fully saturated rings. The lowest BCUT2D eigenvalue weighted by atomic mass is 10.1. The fraction of sp³-hybridized carbons (Fsp3) is 0.133. The fourth-order valence-electron chi connectivity index (χ4n) is 2.00. The molecule has 3 rings (SSSR count). The highest BCUT2D eigenvalue weighted by molar-refractivity contribution is 5.80. The Bertz CT molecular complexity index is 627. The minimum absolute atomic E-state index is 0.936. The van der Waals surface area contributed by atoms with Crippen LogP contribution in [-0.4, -0.2) is 9.97 Å². The Morgan fingerprint density at radius 2 is 1.65 bits per heavy atom. The minimum atomic E-state index is 0.936. The number of nitrogens with one attached hydrogen (secondary N) is 1. The number of fused-ring (bicyclic) bond motifs is 1. The van der Waals surface area contributed by atoms with Crippen molar-refractivity contribution in [2.75, 3.05) is 0 Å². The predicted octanol–water partition coefficient (Wildman–Crippen LogP) is 3.85. The Morgan fingerprint density at radius 3 is 2.41 bits per heavy atom. The molecular formula is C15H14N2. The molecule has 0 aliphatic carbocycles. The largest absolute Gasteiger partial charge is 0.338 e. The van der Waals surface area contributed by atoms with Gasteiger partial charge in [0.1, 0.15) is 5.82 Å². The van der Waals surface area contributed by atoms with Gasteiger partial charge in [-0.15, -0.1) is 0 Å². The van der Waals surface area contributed by atoms with Crippen LogP contribution in [0.2, 0.25) is 0 Å². The summed E-state index contributed by atoms with van der Waals surface area (Å²) in [5, 5.41) is 0. The quantitative estimate of drug-likeness (QED) is 0.665. The maximum atomic E-state index is 4.63. The van der Waals surface area contributed by atoms with Gasteiger partial charge in [0.05, 0.1) is 11.0 Å². The number of aromatic amines is 1. The highest BCUT2D eigenvalue weighted by atomic mass is 14.9. The molecule has 2 heteroatoms. The Kier molecular flexibility index (Phi) is 2.22. The summed E-state index contributed by atoms with van der Waals surface area (Å²) < 4.78 is 0.